The Hall–Kier alpha value is -4.04. The normalized spacial score (nSPS) is 11.8. The molecule has 7 nitrogen and oxygen atoms in total. The second kappa shape index (κ2) is 8.76. The highest BCUT2D eigenvalue weighted by atomic mass is 19.1. The van der Waals surface area contributed by atoms with Crippen molar-refractivity contribution in [3.05, 3.63) is 89.9 Å². The lowest BCUT2D eigenvalue weighted by atomic mass is 10.1. The molecule has 1 atom stereocenters. The molecule has 0 bridgehead atoms. The van der Waals surface area contributed by atoms with E-state index in [1.54, 1.807) is 12.3 Å². The fourth-order valence-electron chi connectivity index (χ4n) is 3.21. The van der Waals surface area contributed by atoms with E-state index in [-0.39, 0.29) is 29.8 Å². The SMILES string of the molecule is NC(=O)c1cc(F)c(NC[C@@H](N)c2ccccc2)nc1Nc1ccc2ncccc2c1. The molecule has 8 heteroatoms. The maximum absolute atomic E-state index is 14.6. The highest BCUT2D eigenvalue weighted by Crippen LogP contribution is 2.26. The molecular weight excluding hydrogens is 395 g/mol. The van der Waals surface area contributed by atoms with E-state index in [2.05, 4.69) is 20.6 Å². The van der Waals surface area contributed by atoms with Crippen LogP contribution in [0.1, 0.15) is 22.0 Å². The highest BCUT2D eigenvalue weighted by Gasteiger charge is 2.17. The Balaban J connectivity index is 1.60. The minimum atomic E-state index is -0.788. The van der Waals surface area contributed by atoms with E-state index >= 15 is 0 Å². The monoisotopic (exact) mass is 416 g/mol. The van der Waals surface area contributed by atoms with Crippen LogP contribution in [0.15, 0.2) is 72.9 Å². The molecule has 0 spiro atoms. The number of rotatable bonds is 7. The Morgan fingerprint density at radius 1 is 1.03 bits per heavy atom. The minimum absolute atomic E-state index is 0.0265. The standard InChI is InChI=1S/C23H21FN6O/c24-18-12-17(21(26)31)22(29-16-8-9-20-15(11-16)7-4-10-27-20)30-23(18)28-13-19(25)14-5-2-1-3-6-14/h1-12,19H,13,25H2,(H2,26,31)(H2,28,29,30)/t19-/m1/s1. The largest absolute Gasteiger partial charge is 0.366 e. The van der Waals surface area contributed by atoms with Crippen molar-refractivity contribution in [3.63, 3.8) is 0 Å². The summed E-state index contributed by atoms with van der Waals surface area (Å²) in [6, 6.07) is 19.4. The number of amides is 1. The van der Waals surface area contributed by atoms with Crippen LogP contribution in [-0.2, 0) is 0 Å². The van der Waals surface area contributed by atoms with Crippen molar-refractivity contribution in [1.82, 2.24) is 9.97 Å². The maximum atomic E-state index is 14.6. The third-order valence-electron chi connectivity index (χ3n) is 4.82. The second-order valence-corrected chi connectivity index (χ2v) is 7.01. The number of hydrogen-bond donors (Lipinski definition) is 4. The van der Waals surface area contributed by atoms with E-state index in [1.807, 2.05) is 54.6 Å². The van der Waals surface area contributed by atoms with Crippen LogP contribution < -0.4 is 22.1 Å². The predicted octanol–water partition coefficient (Wildman–Crippen LogP) is 3.72. The van der Waals surface area contributed by atoms with Crippen LogP contribution in [0.2, 0.25) is 0 Å². The third-order valence-corrected chi connectivity index (χ3v) is 4.82. The number of nitrogens with two attached hydrogens (primary N) is 2. The van der Waals surface area contributed by atoms with Crippen LogP contribution in [0.3, 0.4) is 0 Å². The van der Waals surface area contributed by atoms with Gasteiger partial charge in [-0.25, -0.2) is 9.37 Å². The van der Waals surface area contributed by atoms with Crippen molar-refractivity contribution in [2.45, 2.75) is 6.04 Å². The number of aromatic nitrogens is 2. The molecule has 2 aromatic heterocycles. The quantitative estimate of drug-likeness (QED) is 0.365. The van der Waals surface area contributed by atoms with Gasteiger partial charge >= 0.3 is 0 Å². The molecule has 0 fully saturated rings. The molecule has 0 aliphatic heterocycles. The lowest BCUT2D eigenvalue weighted by Gasteiger charge is -2.16. The molecule has 0 saturated heterocycles. The van der Waals surface area contributed by atoms with Crippen molar-refractivity contribution in [1.29, 1.82) is 0 Å². The van der Waals surface area contributed by atoms with Gasteiger partial charge in [0.2, 0.25) is 0 Å². The zero-order valence-corrected chi connectivity index (χ0v) is 16.5. The zero-order chi connectivity index (χ0) is 21.8. The molecule has 0 unspecified atom stereocenters. The van der Waals surface area contributed by atoms with Gasteiger partial charge in [0.05, 0.1) is 11.1 Å². The number of pyridine rings is 2. The van der Waals surface area contributed by atoms with E-state index in [4.69, 9.17) is 11.5 Å². The Morgan fingerprint density at radius 2 is 1.84 bits per heavy atom. The fraction of sp³-hybridized carbons (Fsp3) is 0.0870. The van der Waals surface area contributed by atoms with E-state index in [1.165, 1.54) is 0 Å². The average molecular weight is 416 g/mol. The first-order chi connectivity index (χ1) is 15.0. The molecule has 1 amide bonds. The Labute approximate surface area is 178 Å². The summed E-state index contributed by atoms with van der Waals surface area (Å²) < 4.78 is 14.6. The molecule has 2 aromatic carbocycles. The van der Waals surface area contributed by atoms with Crippen molar-refractivity contribution >= 4 is 34.1 Å². The Morgan fingerprint density at radius 3 is 2.61 bits per heavy atom. The van der Waals surface area contributed by atoms with Gasteiger partial charge in [0, 0.05) is 29.9 Å². The van der Waals surface area contributed by atoms with Crippen molar-refractivity contribution in [2.75, 3.05) is 17.2 Å². The number of benzene rings is 2. The van der Waals surface area contributed by atoms with Crippen LogP contribution in [0, 0.1) is 5.82 Å². The van der Waals surface area contributed by atoms with E-state index in [9.17, 15) is 9.18 Å². The van der Waals surface area contributed by atoms with E-state index in [0.717, 1.165) is 22.5 Å². The molecule has 156 valence electrons. The van der Waals surface area contributed by atoms with Gasteiger partial charge in [0.25, 0.3) is 5.91 Å². The number of anilines is 3. The summed E-state index contributed by atoms with van der Waals surface area (Å²) in [5.74, 6) is -1.36. The van der Waals surface area contributed by atoms with Crippen molar-refractivity contribution in [2.24, 2.45) is 11.5 Å². The van der Waals surface area contributed by atoms with Crippen LogP contribution >= 0.6 is 0 Å². The Bertz CT molecular complexity index is 1230. The lowest BCUT2D eigenvalue weighted by molar-refractivity contribution is 0.100. The van der Waals surface area contributed by atoms with Gasteiger partial charge in [-0.3, -0.25) is 9.78 Å². The number of carbonyl (C=O) groups excluding carboxylic acids is 1. The number of halogens is 1. The molecule has 4 rings (SSSR count). The molecule has 0 radical (unpaired) electrons. The number of fused-ring (bicyclic) bond motifs is 1. The topological polar surface area (TPSA) is 119 Å². The fourth-order valence-corrected chi connectivity index (χ4v) is 3.21. The van der Waals surface area contributed by atoms with Gasteiger partial charge in [-0.15, -0.1) is 0 Å². The summed E-state index contributed by atoms with van der Waals surface area (Å²) in [6.07, 6.45) is 1.71. The van der Waals surface area contributed by atoms with Gasteiger partial charge in [-0.1, -0.05) is 36.4 Å². The third kappa shape index (κ3) is 4.59. The lowest BCUT2D eigenvalue weighted by Crippen LogP contribution is -2.22. The first kappa shape index (κ1) is 20.2. The summed E-state index contributed by atoms with van der Waals surface area (Å²) >= 11 is 0. The van der Waals surface area contributed by atoms with E-state index < -0.39 is 11.7 Å². The average Bonchev–Trinajstić information content (AvgIpc) is 2.79. The number of nitrogens with zero attached hydrogens (tertiary/aromatic N) is 2. The summed E-state index contributed by atoms with van der Waals surface area (Å²) in [5.41, 5.74) is 14.0. The van der Waals surface area contributed by atoms with Crippen molar-refractivity contribution in [3.8, 4) is 0 Å². The van der Waals surface area contributed by atoms with E-state index in [0.29, 0.717) is 5.69 Å². The molecule has 0 aliphatic carbocycles. The molecular formula is C23H21FN6O. The minimum Gasteiger partial charge on any atom is -0.366 e. The molecule has 0 aliphatic rings. The predicted molar refractivity (Wildman–Crippen MR) is 120 cm³/mol. The highest BCUT2D eigenvalue weighted by molar-refractivity contribution is 5.99. The summed E-state index contributed by atoms with van der Waals surface area (Å²) in [6.45, 7) is 0.255. The maximum Gasteiger partial charge on any atom is 0.252 e. The smallest absolute Gasteiger partial charge is 0.252 e. The van der Waals surface area contributed by atoms with Gasteiger partial charge in [-0.2, -0.15) is 0 Å². The van der Waals surface area contributed by atoms with Gasteiger partial charge in [0.1, 0.15) is 5.82 Å². The van der Waals surface area contributed by atoms with Crippen molar-refractivity contribution < 1.29 is 9.18 Å². The number of hydrogen-bond acceptors (Lipinski definition) is 6. The van der Waals surface area contributed by atoms with Gasteiger partial charge < -0.3 is 22.1 Å². The molecule has 31 heavy (non-hydrogen) atoms. The summed E-state index contributed by atoms with van der Waals surface area (Å²) in [7, 11) is 0. The molecule has 4 aromatic rings. The first-order valence-corrected chi connectivity index (χ1v) is 9.68. The molecule has 0 saturated carbocycles. The summed E-state index contributed by atoms with van der Waals surface area (Å²) in [5, 5.41) is 6.88. The first-order valence-electron chi connectivity index (χ1n) is 9.68. The van der Waals surface area contributed by atoms with Crippen LogP contribution in [0.4, 0.5) is 21.7 Å². The number of carbonyl (C=O) groups is 1. The zero-order valence-electron chi connectivity index (χ0n) is 16.5. The Kier molecular flexibility index (Phi) is 5.72. The second-order valence-electron chi connectivity index (χ2n) is 7.01. The molecule has 6 N–H and O–H groups in total. The summed E-state index contributed by atoms with van der Waals surface area (Å²) in [4.78, 5) is 20.4. The van der Waals surface area contributed by atoms with Gasteiger partial charge in [-0.05, 0) is 35.9 Å². The van der Waals surface area contributed by atoms with Crippen LogP contribution in [0.25, 0.3) is 10.9 Å². The number of nitrogens with one attached hydrogen (secondary N) is 2. The van der Waals surface area contributed by atoms with Crippen LogP contribution in [0.5, 0.6) is 0 Å². The molecule has 2 heterocycles. The van der Waals surface area contributed by atoms with Crippen LogP contribution in [-0.4, -0.2) is 22.4 Å². The van der Waals surface area contributed by atoms with Gasteiger partial charge in [0.15, 0.2) is 11.6 Å². The number of primary amides is 1.